The lowest BCUT2D eigenvalue weighted by molar-refractivity contribution is 1.02. The zero-order valence-electron chi connectivity index (χ0n) is 3.58. The molecule has 0 amide bonds. The van der Waals surface area contributed by atoms with Gasteiger partial charge in [0.05, 0.1) is 0 Å². The third kappa shape index (κ3) is 0.344. The molecular weight excluding hydrogens is 60.1 g/mol. The predicted octanol–water partition coefficient (Wildman–Crippen LogP) is 1.39. The maximum absolute atomic E-state index is 3.11. The monoisotopic (exact) mass is 67.1 g/mol. The van der Waals surface area contributed by atoms with Crippen molar-refractivity contribution in [3.05, 3.63) is 11.6 Å². The first-order valence-corrected chi connectivity index (χ1v) is 1.90. The third-order valence-corrected chi connectivity index (χ3v) is 1.01. The zero-order valence-corrected chi connectivity index (χ0v) is 3.58. The minimum Gasteiger partial charge on any atom is -0.0620 e. The molecule has 1 aliphatic carbocycles. The van der Waals surface area contributed by atoms with Gasteiger partial charge in [0.15, 0.2) is 0 Å². The molecule has 0 bridgehead atoms. The van der Waals surface area contributed by atoms with Crippen molar-refractivity contribution < 1.29 is 0 Å². The molecule has 0 heteroatoms. The normalized spacial score (nSPS) is 33.2. The molecule has 0 aromatic carbocycles. The van der Waals surface area contributed by atoms with Gasteiger partial charge in [0.2, 0.25) is 0 Å². The molecule has 0 saturated carbocycles. The first-order valence-electron chi connectivity index (χ1n) is 1.90. The third-order valence-electron chi connectivity index (χ3n) is 1.01. The smallest absolute Gasteiger partial charge is 0.00258 e. The summed E-state index contributed by atoms with van der Waals surface area (Å²) >= 11 is 0. The van der Waals surface area contributed by atoms with Gasteiger partial charge in [-0.3, -0.25) is 0 Å². The Kier molecular flexibility index (Phi) is 0.365. The molecule has 0 aromatic rings. The largest absolute Gasteiger partial charge is 0.0620 e. The van der Waals surface area contributed by atoms with Crippen molar-refractivity contribution >= 4 is 0 Å². The summed E-state index contributed by atoms with van der Waals surface area (Å²) in [7, 11) is 0. The van der Waals surface area contributed by atoms with Crippen LogP contribution in [0, 0.1) is 12.0 Å². The molecule has 0 spiro atoms. The van der Waals surface area contributed by atoms with E-state index in [4.69, 9.17) is 0 Å². The fourth-order valence-corrected chi connectivity index (χ4v) is 0.300. The van der Waals surface area contributed by atoms with Crippen LogP contribution in [0.15, 0.2) is 5.57 Å². The molecule has 0 aliphatic heterocycles. The Balaban J connectivity index is 2.38. The predicted molar refractivity (Wildman–Crippen MR) is 21.6 cm³/mol. The lowest BCUT2D eigenvalue weighted by atomic mass is 10.4. The molecule has 5 heavy (non-hydrogen) atoms. The topological polar surface area (TPSA) is 0 Å². The zero-order chi connectivity index (χ0) is 3.86. The molecule has 1 unspecified atom stereocenters. The summed E-state index contributed by atoms with van der Waals surface area (Å²) in [5.41, 5.74) is 1.42. The van der Waals surface area contributed by atoms with Gasteiger partial charge in [-0.1, -0.05) is 12.5 Å². The van der Waals surface area contributed by atoms with Crippen LogP contribution >= 0.6 is 0 Å². The Bertz CT molecular complexity index is 70.1. The molecule has 0 heterocycles. The van der Waals surface area contributed by atoms with E-state index in [0.717, 1.165) is 5.92 Å². The van der Waals surface area contributed by atoms with Crippen molar-refractivity contribution in [2.45, 2.75) is 13.8 Å². The van der Waals surface area contributed by atoms with Gasteiger partial charge in [0.25, 0.3) is 0 Å². The summed E-state index contributed by atoms with van der Waals surface area (Å²) < 4.78 is 0. The minimum absolute atomic E-state index is 0.718. The van der Waals surface area contributed by atoms with E-state index < -0.39 is 0 Å². The van der Waals surface area contributed by atoms with E-state index in [1.54, 1.807) is 0 Å². The van der Waals surface area contributed by atoms with Crippen LogP contribution in [-0.4, -0.2) is 0 Å². The molecule has 0 saturated heterocycles. The van der Waals surface area contributed by atoms with Crippen molar-refractivity contribution in [1.82, 2.24) is 0 Å². The van der Waals surface area contributed by atoms with Gasteiger partial charge in [0, 0.05) is 5.92 Å². The molecule has 1 radical (unpaired) electrons. The average molecular weight is 67.1 g/mol. The van der Waals surface area contributed by atoms with Crippen LogP contribution in [0.5, 0.6) is 0 Å². The van der Waals surface area contributed by atoms with Gasteiger partial charge in [-0.2, -0.15) is 0 Å². The lowest BCUT2D eigenvalue weighted by Gasteiger charge is -1.68. The standard InChI is InChI=1S/C5H7/c1-4-3-5(4)2/h4H,1-2H3. The molecular formula is C5H7. The summed E-state index contributed by atoms with van der Waals surface area (Å²) in [6.45, 7) is 4.25. The Morgan fingerprint density at radius 2 is 2.00 bits per heavy atom. The molecule has 1 rings (SSSR count). The van der Waals surface area contributed by atoms with E-state index in [0.29, 0.717) is 0 Å². The van der Waals surface area contributed by atoms with Crippen molar-refractivity contribution in [2.24, 2.45) is 5.92 Å². The highest BCUT2D eigenvalue weighted by Crippen LogP contribution is 2.23. The fraction of sp³-hybridized carbons (Fsp3) is 0.600. The second-order valence-corrected chi connectivity index (χ2v) is 1.55. The molecule has 0 aromatic heterocycles. The van der Waals surface area contributed by atoms with Crippen molar-refractivity contribution in [1.29, 1.82) is 0 Å². The van der Waals surface area contributed by atoms with Crippen molar-refractivity contribution in [2.75, 3.05) is 0 Å². The summed E-state index contributed by atoms with van der Waals surface area (Å²) in [6, 6.07) is 0. The van der Waals surface area contributed by atoms with E-state index in [9.17, 15) is 0 Å². The Hall–Kier alpha value is -0.260. The summed E-state index contributed by atoms with van der Waals surface area (Å²) in [5, 5.41) is 0. The van der Waals surface area contributed by atoms with E-state index in [1.807, 2.05) is 0 Å². The van der Waals surface area contributed by atoms with Crippen LogP contribution in [0.2, 0.25) is 0 Å². The molecule has 27 valence electrons. The van der Waals surface area contributed by atoms with E-state index >= 15 is 0 Å². The second-order valence-electron chi connectivity index (χ2n) is 1.55. The van der Waals surface area contributed by atoms with Crippen LogP contribution in [-0.2, 0) is 0 Å². The SMILES string of the molecule is CC1=[C]C1C. The van der Waals surface area contributed by atoms with Gasteiger partial charge < -0.3 is 0 Å². The number of hydrogen-bond acceptors (Lipinski definition) is 0. The molecule has 1 aliphatic rings. The van der Waals surface area contributed by atoms with E-state index in [-0.39, 0.29) is 0 Å². The highest BCUT2D eigenvalue weighted by molar-refractivity contribution is 5.17. The second kappa shape index (κ2) is 0.618. The summed E-state index contributed by atoms with van der Waals surface area (Å²) in [4.78, 5) is 0. The van der Waals surface area contributed by atoms with Crippen LogP contribution < -0.4 is 0 Å². The van der Waals surface area contributed by atoms with Gasteiger partial charge in [0.1, 0.15) is 0 Å². The molecule has 0 fully saturated rings. The molecule has 0 N–H and O–H groups in total. The van der Waals surface area contributed by atoms with Crippen molar-refractivity contribution in [3.63, 3.8) is 0 Å². The van der Waals surface area contributed by atoms with Crippen LogP contribution in [0.4, 0.5) is 0 Å². The quantitative estimate of drug-likeness (QED) is 0.401. The Labute approximate surface area is 32.5 Å². The van der Waals surface area contributed by atoms with Gasteiger partial charge >= 0.3 is 0 Å². The molecule has 1 atom stereocenters. The first-order chi connectivity index (χ1) is 2.30. The first kappa shape index (κ1) is 2.95. The van der Waals surface area contributed by atoms with E-state index in [1.165, 1.54) is 5.57 Å². The molecule has 0 nitrogen and oxygen atoms in total. The minimum atomic E-state index is 0.718. The number of allylic oxidation sites excluding steroid dienone is 2. The number of rotatable bonds is 0. The Morgan fingerprint density at radius 1 is 1.80 bits per heavy atom. The fourth-order valence-electron chi connectivity index (χ4n) is 0.300. The highest BCUT2D eigenvalue weighted by Gasteiger charge is 2.12. The van der Waals surface area contributed by atoms with Gasteiger partial charge in [-0.05, 0) is 13.0 Å². The van der Waals surface area contributed by atoms with Crippen LogP contribution in [0.25, 0.3) is 0 Å². The summed E-state index contributed by atoms with van der Waals surface area (Å²) in [6.07, 6.45) is 3.11. The van der Waals surface area contributed by atoms with Crippen LogP contribution in [0.1, 0.15) is 13.8 Å². The van der Waals surface area contributed by atoms with Gasteiger partial charge in [-0.15, -0.1) is 0 Å². The van der Waals surface area contributed by atoms with Gasteiger partial charge in [-0.25, -0.2) is 0 Å². The number of hydrogen-bond donors (Lipinski definition) is 0. The van der Waals surface area contributed by atoms with Crippen LogP contribution in [0.3, 0.4) is 0 Å². The van der Waals surface area contributed by atoms with Crippen molar-refractivity contribution in [3.8, 4) is 0 Å². The summed E-state index contributed by atoms with van der Waals surface area (Å²) in [5.74, 6) is 0.718. The average Bonchev–Trinajstić information content (AvgIpc) is 1.79. The maximum Gasteiger partial charge on any atom is 0.00258 e. The highest BCUT2D eigenvalue weighted by atomic mass is 14.2. The Morgan fingerprint density at radius 3 is 2.00 bits per heavy atom. The lowest BCUT2D eigenvalue weighted by Crippen LogP contribution is -1.57. The van der Waals surface area contributed by atoms with E-state index in [2.05, 4.69) is 19.9 Å². The maximum atomic E-state index is 3.11.